The molecule has 0 aliphatic carbocycles. The molecule has 1 N–H and O–H groups in total. The number of halogens is 1. The molecule has 4 heteroatoms. The highest BCUT2D eigenvalue weighted by Crippen LogP contribution is 2.23. The van der Waals surface area contributed by atoms with Crippen molar-refractivity contribution >= 4 is 11.6 Å². The molecule has 0 radical (unpaired) electrons. The summed E-state index contributed by atoms with van der Waals surface area (Å²) >= 11 is 0. The first-order valence-electron chi connectivity index (χ1n) is 6.40. The molecule has 0 aliphatic rings. The van der Waals surface area contributed by atoms with Crippen LogP contribution in [-0.4, -0.2) is 17.6 Å². The van der Waals surface area contributed by atoms with Crippen LogP contribution in [-0.2, 0) is 0 Å². The van der Waals surface area contributed by atoms with Crippen LogP contribution in [0.25, 0.3) is 0 Å². The van der Waals surface area contributed by atoms with Gasteiger partial charge in [0.05, 0.1) is 5.56 Å². The van der Waals surface area contributed by atoms with Gasteiger partial charge in [0.2, 0.25) is 0 Å². The van der Waals surface area contributed by atoms with Gasteiger partial charge in [-0.1, -0.05) is 12.1 Å². The Morgan fingerprint density at radius 2 is 2.00 bits per heavy atom. The maximum Gasteiger partial charge on any atom is 0.262 e. The fourth-order valence-corrected chi connectivity index (χ4v) is 2.07. The zero-order chi connectivity index (χ0) is 14.7. The van der Waals surface area contributed by atoms with Crippen molar-refractivity contribution in [2.75, 3.05) is 11.4 Å². The molecular formula is C16H16FNO2. The number of nitrogens with zero attached hydrogens (tertiary/aromatic N) is 1. The summed E-state index contributed by atoms with van der Waals surface area (Å²) in [7, 11) is 0. The van der Waals surface area contributed by atoms with Gasteiger partial charge in [-0.25, -0.2) is 4.39 Å². The van der Waals surface area contributed by atoms with Crippen molar-refractivity contribution in [3.63, 3.8) is 0 Å². The van der Waals surface area contributed by atoms with Gasteiger partial charge in [0.1, 0.15) is 11.6 Å². The second kappa shape index (κ2) is 5.74. The summed E-state index contributed by atoms with van der Waals surface area (Å²) in [6, 6.07) is 10.9. The fraction of sp³-hybridized carbons (Fsp3) is 0.188. The number of phenols is 1. The van der Waals surface area contributed by atoms with Gasteiger partial charge >= 0.3 is 0 Å². The van der Waals surface area contributed by atoms with Crippen LogP contribution in [0.2, 0.25) is 0 Å². The molecule has 0 aliphatic heterocycles. The number of rotatable bonds is 3. The van der Waals surface area contributed by atoms with Crippen molar-refractivity contribution in [2.45, 2.75) is 13.8 Å². The van der Waals surface area contributed by atoms with Gasteiger partial charge in [-0.05, 0) is 43.7 Å². The van der Waals surface area contributed by atoms with E-state index in [1.54, 1.807) is 4.90 Å². The fourth-order valence-electron chi connectivity index (χ4n) is 2.07. The third-order valence-corrected chi connectivity index (χ3v) is 3.06. The number of phenolic OH excluding ortho intramolecular Hbond substituents is 1. The first-order valence-corrected chi connectivity index (χ1v) is 6.40. The highest BCUT2D eigenvalue weighted by Gasteiger charge is 2.19. The topological polar surface area (TPSA) is 40.5 Å². The Morgan fingerprint density at radius 1 is 1.25 bits per heavy atom. The molecule has 0 atom stereocenters. The first kappa shape index (κ1) is 14.1. The average molecular weight is 273 g/mol. The highest BCUT2D eigenvalue weighted by molar-refractivity contribution is 6.07. The zero-order valence-corrected chi connectivity index (χ0v) is 11.4. The normalized spacial score (nSPS) is 10.3. The molecule has 0 unspecified atom stereocenters. The molecule has 0 spiro atoms. The Kier molecular flexibility index (Phi) is 4.03. The van der Waals surface area contributed by atoms with E-state index in [0.717, 1.165) is 23.4 Å². The number of carbonyl (C=O) groups is 1. The standard InChI is InChI=1S/C16H16FNO2/c1-3-18(13-6-4-5-11(2)9-13)16(20)14-8-7-12(17)10-15(14)19/h4-10,19H,3H2,1-2H3. The van der Waals surface area contributed by atoms with Crippen LogP contribution in [0.15, 0.2) is 42.5 Å². The third-order valence-electron chi connectivity index (χ3n) is 3.06. The maximum atomic E-state index is 13.0. The smallest absolute Gasteiger partial charge is 0.262 e. The maximum absolute atomic E-state index is 13.0. The molecule has 104 valence electrons. The second-order valence-electron chi connectivity index (χ2n) is 4.55. The minimum Gasteiger partial charge on any atom is -0.507 e. The average Bonchev–Trinajstić information content (AvgIpc) is 2.39. The molecule has 0 bridgehead atoms. The lowest BCUT2D eigenvalue weighted by atomic mass is 10.1. The largest absolute Gasteiger partial charge is 0.507 e. The van der Waals surface area contributed by atoms with Crippen LogP contribution < -0.4 is 4.90 Å². The van der Waals surface area contributed by atoms with Crippen molar-refractivity contribution in [1.82, 2.24) is 0 Å². The monoisotopic (exact) mass is 273 g/mol. The van der Waals surface area contributed by atoms with Crippen molar-refractivity contribution in [1.29, 1.82) is 0 Å². The van der Waals surface area contributed by atoms with Crippen molar-refractivity contribution in [2.24, 2.45) is 0 Å². The van der Waals surface area contributed by atoms with E-state index >= 15 is 0 Å². The Balaban J connectivity index is 2.39. The zero-order valence-electron chi connectivity index (χ0n) is 11.4. The van der Waals surface area contributed by atoms with Gasteiger partial charge in [0.25, 0.3) is 5.91 Å². The summed E-state index contributed by atoms with van der Waals surface area (Å²) in [5.41, 5.74) is 1.88. The van der Waals surface area contributed by atoms with Crippen LogP contribution in [0.5, 0.6) is 5.75 Å². The SMILES string of the molecule is CCN(C(=O)c1ccc(F)cc1O)c1cccc(C)c1. The number of carbonyl (C=O) groups excluding carboxylic acids is 1. The summed E-state index contributed by atoms with van der Waals surface area (Å²) in [4.78, 5) is 14.0. The molecule has 0 saturated carbocycles. The Bertz CT molecular complexity index is 640. The number of aromatic hydroxyl groups is 1. The van der Waals surface area contributed by atoms with Crippen molar-refractivity contribution < 1.29 is 14.3 Å². The summed E-state index contributed by atoms with van der Waals surface area (Å²) < 4.78 is 13.0. The molecule has 2 aromatic rings. The van der Waals surface area contributed by atoms with E-state index < -0.39 is 5.82 Å². The molecule has 20 heavy (non-hydrogen) atoms. The van der Waals surface area contributed by atoms with E-state index in [1.807, 2.05) is 38.1 Å². The first-order chi connectivity index (χ1) is 9.52. The van der Waals surface area contributed by atoms with Crippen LogP contribution in [0.1, 0.15) is 22.8 Å². The highest BCUT2D eigenvalue weighted by atomic mass is 19.1. The van der Waals surface area contributed by atoms with Gasteiger partial charge in [0.15, 0.2) is 0 Å². The lowest BCUT2D eigenvalue weighted by Crippen LogP contribution is -2.30. The predicted octanol–water partition coefficient (Wildman–Crippen LogP) is 3.51. The number of hydrogen-bond acceptors (Lipinski definition) is 2. The van der Waals surface area contributed by atoms with Crippen molar-refractivity contribution in [3.05, 3.63) is 59.4 Å². The molecular weight excluding hydrogens is 257 g/mol. The second-order valence-corrected chi connectivity index (χ2v) is 4.55. The lowest BCUT2D eigenvalue weighted by molar-refractivity contribution is 0.0985. The summed E-state index contributed by atoms with van der Waals surface area (Å²) in [5.74, 6) is -1.27. The Hall–Kier alpha value is -2.36. The van der Waals surface area contributed by atoms with Crippen LogP contribution in [0.3, 0.4) is 0 Å². The quantitative estimate of drug-likeness (QED) is 0.929. The number of amides is 1. The van der Waals surface area contributed by atoms with Crippen LogP contribution in [0.4, 0.5) is 10.1 Å². The summed E-state index contributed by atoms with van der Waals surface area (Å²) in [6.07, 6.45) is 0. The number of aryl methyl sites for hydroxylation is 1. The van der Waals surface area contributed by atoms with Gasteiger partial charge in [-0.3, -0.25) is 4.79 Å². The lowest BCUT2D eigenvalue weighted by Gasteiger charge is -2.22. The minimum atomic E-state index is -0.572. The predicted molar refractivity (Wildman–Crippen MR) is 76.6 cm³/mol. The molecule has 3 nitrogen and oxygen atoms in total. The number of benzene rings is 2. The van der Waals surface area contributed by atoms with Crippen LogP contribution >= 0.6 is 0 Å². The number of anilines is 1. The van der Waals surface area contributed by atoms with E-state index in [2.05, 4.69) is 0 Å². The van der Waals surface area contributed by atoms with E-state index in [1.165, 1.54) is 6.07 Å². The van der Waals surface area contributed by atoms with Crippen LogP contribution in [0, 0.1) is 12.7 Å². The molecule has 2 rings (SSSR count). The van der Waals surface area contributed by atoms with Crippen molar-refractivity contribution in [3.8, 4) is 5.75 Å². The summed E-state index contributed by atoms with van der Waals surface area (Å²) in [6.45, 7) is 4.25. The minimum absolute atomic E-state index is 0.0924. The molecule has 1 amide bonds. The van der Waals surface area contributed by atoms with Gasteiger partial charge in [-0.15, -0.1) is 0 Å². The third kappa shape index (κ3) is 2.79. The van der Waals surface area contributed by atoms with Gasteiger partial charge in [-0.2, -0.15) is 0 Å². The Morgan fingerprint density at radius 3 is 2.60 bits per heavy atom. The summed E-state index contributed by atoms with van der Waals surface area (Å²) in [5, 5.41) is 9.72. The molecule has 2 aromatic carbocycles. The van der Waals surface area contributed by atoms with Gasteiger partial charge in [0, 0.05) is 18.3 Å². The van der Waals surface area contributed by atoms with E-state index in [4.69, 9.17) is 0 Å². The molecule has 0 fully saturated rings. The van der Waals surface area contributed by atoms with E-state index in [9.17, 15) is 14.3 Å². The molecule has 0 saturated heterocycles. The Labute approximate surface area is 117 Å². The molecule has 0 heterocycles. The number of hydrogen-bond donors (Lipinski definition) is 1. The van der Waals surface area contributed by atoms with E-state index in [-0.39, 0.29) is 17.2 Å². The van der Waals surface area contributed by atoms with Gasteiger partial charge < -0.3 is 10.0 Å². The molecule has 0 aromatic heterocycles. The van der Waals surface area contributed by atoms with E-state index in [0.29, 0.717) is 6.54 Å².